The largest absolute Gasteiger partial charge is 0.463 e. The first-order valence-electron chi connectivity index (χ1n) is 5.92. The van der Waals surface area contributed by atoms with Crippen LogP contribution in [0.4, 0.5) is 11.4 Å². The Bertz CT molecular complexity index is 422. The van der Waals surface area contributed by atoms with Gasteiger partial charge in [0.05, 0.1) is 6.61 Å². The number of nitrogens with zero attached hydrogens (tertiary/aromatic N) is 1. The van der Waals surface area contributed by atoms with Crippen molar-refractivity contribution in [2.24, 2.45) is 0 Å². The van der Waals surface area contributed by atoms with Crippen molar-refractivity contribution in [3.8, 4) is 0 Å². The first-order chi connectivity index (χ1) is 8.52. The second kappa shape index (κ2) is 6.69. The number of ether oxygens (including phenoxy) is 1. The molecule has 4 nitrogen and oxygen atoms in total. The summed E-state index contributed by atoms with van der Waals surface area (Å²) in [6, 6.07) is 7.97. The number of rotatable bonds is 5. The van der Waals surface area contributed by atoms with Gasteiger partial charge in [0.1, 0.15) is 0 Å². The molecule has 0 saturated carbocycles. The van der Waals surface area contributed by atoms with Crippen molar-refractivity contribution in [2.45, 2.75) is 13.8 Å². The summed E-state index contributed by atoms with van der Waals surface area (Å²) in [5.41, 5.74) is 2.83. The molecule has 0 aromatic heterocycles. The molecule has 0 atom stereocenters. The van der Waals surface area contributed by atoms with Crippen LogP contribution in [0.25, 0.3) is 0 Å². The smallest absolute Gasteiger partial charge is 0.332 e. The Hall–Kier alpha value is -1.97. The standard InChI is InChI=1S/C14H20N2O2/c1-5-18-14(17)10-11(2)15-12-6-8-13(9-7-12)16(3)4/h6-10,15H,5H2,1-4H3. The molecule has 4 heteroatoms. The van der Waals surface area contributed by atoms with Crippen LogP contribution in [0.2, 0.25) is 0 Å². The van der Waals surface area contributed by atoms with Crippen LogP contribution in [0.1, 0.15) is 13.8 Å². The Morgan fingerprint density at radius 3 is 2.44 bits per heavy atom. The lowest BCUT2D eigenvalue weighted by Gasteiger charge is -2.13. The highest BCUT2D eigenvalue weighted by molar-refractivity contribution is 5.83. The van der Waals surface area contributed by atoms with Gasteiger partial charge in [-0.15, -0.1) is 0 Å². The number of esters is 1. The predicted octanol–water partition coefficient (Wildman–Crippen LogP) is 2.63. The SMILES string of the molecule is CCOC(=O)C=C(C)Nc1ccc(N(C)C)cc1. The van der Waals surface area contributed by atoms with Crippen LogP contribution in [0.3, 0.4) is 0 Å². The van der Waals surface area contributed by atoms with Gasteiger partial charge in [0.15, 0.2) is 0 Å². The maximum atomic E-state index is 11.2. The van der Waals surface area contributed by atoms with E-state index in [0.717, 1.165) is 17.1 Å². The minimum Gasteiger partial charge on any atom is -0.463 e. The van der Waals surface area contributed by atoms with Crippen molar-refractivity contribution in [3.05, 3.63) is 36.0 Å². The molecule has 0 amide bonds. The topological polar surface area (TPSA) is 41.6 Å². The molecular formula is C14H20N2O2. The maximum Gasteiger partial charge on any atom is 0.332 e. The molecule has 0 heterocycles. The van der Waals surface area contributed by atoms with E-state index in [9.17, 15) is 4.79 Å². The molecule has 0 saturated heterocycles. The third kappa shape index (κ3) is 4.49. The number of carbonyl (C=O) groups is 1. The van der Waals surface area contributed by atoms with Crippen molar-refractivity contribution in [1.29, 1.82) is 0 Å². The van der Waals surface area contributed by atoms with Crippen LogP contribution in [-0.4, -0.2) is 26.7 Å². The van der Waals surface area contributed by atoms with Crippen LogP contribution in [0, 0.1) is 0 Å². The fourth-order valence-electron chi connectivity index (χ4n) is 1.47. The third-order valence-corrected chi connectivity index (χ3v) is 2.35. The maximum absolute atomic E-state index is 11.2. The van der Waals surface area contributed by atoms with Gasteiger partial charge in [-0.2, -0.15) is 0 Å². The molecule has 0 aliphatic rings. The monoisotopic (exact) mass is 248 g/mol. The Kier molecular flexibility index (Phi) is 5.24. The summed E-state index contributed by atoms with van der Waals surface area (Å²) in [5, 5.41) is 3.14. The van der Waals surface area contributed by atoms with E-state index >= 15 is 0 Å². The van der Waals surface area contributed by atoms with E-state index in [0.29, 0.717) is 6.61 Å². The molecule has 0 radical (unpaired) electrons. The lowest BCUT2D eigenvalue weighted by Crippen LogP contribution is -2.08. The number of nitrogens with one attached hydrogen (secondary N) is 1. The molecule has 0 aliphatic heterocycles. The highest BCUT2D eigenvalue weighted by Gasteiger charge is 1.99. The molecule has 0 unspecified atom stereocenters. The molecule has 1 rings (SSSR count). The number of benzene rings is 1. The third-order valence-electron chi connectivity index (χ3n) is 2.35. The van der Waals surface area contributed by atoms with E-state index in [1.165, 1.54) is 6.08 Å². The number of anilines is 2. The number of hydrogen-bond donors (Lipinski definition) is 1. The zero-order valence-electron chi connectivity index (χ0n) is 11.4. The molecule has 1 aromatic carbocycles. The molecule has 0 fully saturated rings. The Labute approximate surface area is 108 Å². The second-order valence-electron chi connectivity index (χ2n) is 4.15. The summed E-state index contributed by atoms with van der Waals surface area (Å²) in [6.45, 7) is 4.01. The molecule has 0 aliphatic carbocycles. The molecule has 1 N–H and O–H groups in total. The minimum atomic E-state index is -0.326. The number of hydrogen-bond acceptors (Lipinski definition) is 4. The summed E-state index contributed by atoms with van der Waals surface area (Å²) in [6.07, 6.45) is 1.45. The highest BCUT2D eigenvalue weighted by Crippen LogP contribution is 2.16. The normalized spacial score (nSPS) is 11.0. The first kappa shape index (κ1) is 14.1. The predicted molar refractivity (Wildman–Crippen MR) is 74.8 cm³/mol. The van der Waals surface area contributed by atoms with Gasteiger partial charge >= 0.3 is 5.97 Å². The highest BCUT2D eigenvalue weighted by atomic mass is 16.5. The van der Waals surface area contributed by atoms with Crippen LogP contribution in [-0.2, 0) is 9.53 Å². The van der Waals surface area contributed by atoms with E-state index in [1.807, 2.05) is 50.2 Å². The van der Waals surface area contributed by atoms with Gasteiger partial charge in [-0.3, -0.25) is 0 Å². The van der Waals surface area contributed by atoms with Gasteiger partial charge in [0.2, 0.25) is 0 Å². The summed E-state index contributed by atoms with van der Waals surface area (Å²) >= 11 is 0. The van der Waals surface area contributed by atoms with E-state index in [2.05, 4.69) is 5.32 Å². The fourth-order valence-corrected chi connectivity index (χ4v) is 1.47. The van der Waals surface area contributed by atoms with E-state index in [1.54, 1.807) is 6.92 Å². The quantitative estimate of drug-likeness (QED) is 0.642. The van der Waals surface area contributed by atoms with Crippen molar-refractivity contribution in [1.82, 2.24) is 0 Å². The van der Waals surface area contributed by atoms with Gasteiger partial charge in [-0.1, -0.05) is 0 Å². The van der Waals surface area contributed by atoms with E-state index < -0.39 is 0 Å². The Morgan fingerprint density at radius 2 is 1.94 bits per heavy atom. The van der Waals surface area contributed by atoms with Crippen LogP contribution < -0.4 is 10.2 Å². The minimum absolute atomic E-state index is 0.326. The van der Waals surface area contributed by atoms with Crippen molar-refractivity contribution in [3.63, 3.8) is 0 Å². The van der Waals surface area contributed by atoms with Crippen LogP contribution in [0.5, 0.6) is 0 Å². The molecule has 18 heavy (non-hydrogen) atoms. The Morgan fingerprint density at radius 1 is 1.33 bits per heavy atom. The number of allylic oxidation sites excluding steroid dienone is 1. The lowest BCUT2D eigenvalue weighted by atomic mass is 10.2. The summed E-state index contributed by atoms with van der Waals surface area (Å²) in [7, 11) is 3.99. The first-order valence-corrected chi connectivity index (χ1v) is 5.92. The van der Waals surface area contributed by atoms with Gasteiger partial charge in [-0.25, -0.2) is 4.79 Å². The zero-order chi connectivity index (χ0) is 13.5. The summed E-state index contributed by atoms with van der Waals surface area (Å²) in [4.78, 5) is 13.3. The molecule has 1 aromatic rings. The van der Waals surface area contributed by atoms with E-state index in [-0.39, 0.29) is 5.97 Å². The molecular weight excluding hydrogens is 228 g/mol. The summed E-state index contributed by atoms with van der Waals surface area (Å²) < 4.78 is 4.84. The molecule has 0 spiro atoms. The van der Waals surface area contributed by atoms with Gasteiger partial charge in [0.25, 0.3) is 0 Å². The van der Waals surface area contributed by atoms with Crippen molar-refractivity contribution < 1.29 is 9.53 Å². The average Bonchev–Trinajstić information content (AvgIpc) is 2.29. The number of carbonyl (C=O) groups excluding carboxylic acids is 1. The second-order valence-corrected chi connectivity index (χ2v) is 4.15. The van der Waals surface area contributed by atoms with Gasteiger partial charge in [-0.05, 0) is 38.1 Å². The van der Waals surface area contributed by atoms with Gasteiger partial charge < -0.3 is 15.0 Å². The van der Waals surface area contributed by atoms with Crippen molar-refractivity contribution >= 4 is 17.3 Å². The van der Waals surface area contributed by atoms with Crippen molar-refractivity contribution in [2.75, 3.05) is 30.9 Å². The Balaban J connectivity index is 2.64. The zero-order valence-corrected chi connectivity index (χ0v) is 11.4. The van der Waals surface area contributed by atoms with Gasteiger partial charge in [0, 0.05) is 37.2 Å². The van der Waals surface area contributed by atoms with Crippen LogP contribution >= 0.6 is 0 Å². The molecule has 0 bridgehead atoms. The summed E-state index contributed by atoms with van der Waals surface area (Å²) in [5.74, 6) is -0.326. The molecule has 98 valence electrons. The fraction of sp³-hybridized carbons (Fsp3) is 0.357. The van der Waals surface area contributed by atoms with E-state index in [4.69, 9.17) is 4.74 Å². The lowest BCUT2D eigenvalue weighted by molar-refractivity contribution is -0.137. The average molecular weight is 248 g/mol. The van der Waals surface area contributed by atoms with Crippen LogP contribution in [0.15, 0.2) is 36.0 Å².